The zero-order valence-electron chi connectivity index (χ0n) is 21.8. The molecule has 2 unspecified atom stereocenters. The second-order valence-corrected chi connectivity index (χ2v) is 11.3. The maximum Gasteiger partial charge on any atom is 0.387 e. The largest absolute Gasteiger partial charge is 0.434 e. The number of fused-ring (bicyclic) bond motifs is 9. The predicted octanol–water partition coefficient (Wildman–Crippen LogP) is 4.53. The van der Waals surface area contributed by atoms with E-state index in [0.717, 1.165) is 27.9 Å². The molecule has 0 saturated heterocycles. The van der Waals surface area contributed by atoms with E-state index in [-0.39, 0.29) is 23.6 Å². The van der Waals surface area contributed by atoms with E-state index in [0.29, 0.717) is 36.2 Å². The summed E-state index contributed by atoms with van der Waals surface area (Å²) in [6, 6.07) is 10.6. The van der Waals surface area contributed by atoms with Gasteiger partial charge in [0.15, 0.2) is 0 Å². The van der Waals surface area contributed by atoms with E-state index >= 15 is 0 Å². The lowest BCUT2D eigenvalue weighted by Crippen LogP contribution is -2.54. The van der Waals surface area contributed by atoms with Crippen LogP contribution in [0.25, 0.3) is 16.6 Å². The van der Waals surface area contributed by atoms with Crippen molar-refractivity contribution in [2.45, 2.75) is 50.3 Å². The maximum absolute atomic E-state index is 13.4. The molecule has 0 spiro atoms. The lowest BCUT2D eigenvalue weighted by molar-refractivity contribution is -0.0505. The number of nitrogens with two attached hydrogens (primary N) is 1. The molecule has 2 N–H and O–H groups in total. The fourth-order valence-electron chi connectivity index (χ4n) is 6.85. The van der Waals surface area contributed by atoms with Crippen molar-refractivity contribution in [3.63, 3.8) is 0 Å². The third kappa shape index (κ3) is 3.45. The third-order valence-corrected chi connectivity index (χ3v) is 8.59. The van der Waals surface area contributed by atoms with Gasteiger partial charge in [-0.15, -0.1) is 0 Å². The zero-order chi connectivity index (χ0) is 28.0. The highest BCUT2D eigenvalue weighted by molar-refractivity contribution is 5.98. The first-order valence-electron chi connectivity index (χ1n) is 13.0. The molecule has 3 aliphatic rings. The van der Waals surface area contributed by atoms with Crippen LogP contribution in [0, 0.1) is 16.7 Å². The van der Waals surface area contributed by atoms with E-state index in [9.17, 15) is 18.8 Å². The number of hydrogen-bond acceptors (Lipinski definition) is 7. The molecule has 4 aromatic rings. The highest BCUT2D eigenvalue weighted by Crippen LogP contribution is 2.54. The molecule has 7 rings (SSSR count). The van der Waals surface area contributed by atoms with Gasteiger partial charge in [-0.1, -0.05) is 6.07 Å². The monoisotopic (exact) mass is 541 g/mol. The normalized spacial score (nSPS) is 26.7. The predicted molar refractivity (Wildman–Crippen MR) is 139 cm³/mol. The zero-order valence-corrected chi connectivity index (χ0v) is 21.8. The number of benzene rings is 1. The molecule has 1 saturated carbocycles. The van der Waals surface area contributed by atoms with Crippen molar-refractivity contribution in [2.75, 3.05) is 7.05 Å². The smallest absolute Gasteiger partial charge is 0.387 e. The quantitative estimate of drug-likeness (QED) is 0.403. The van der Waals surface area contributed by atoms with E-state index in [2.05, 4.69) is 16.0 Å². The van der Waals surface area contributed by atoms with Crippen molar-refractivity contribution < 1.29 is 18.3 Å². The number of carbonyl (C=O) groups is 1. The minimum absolute atomic E-state index is 0.00597. The van der Waals surface area contributed by atoms with Gasteiger partial charge in [-0.2, -0.15) is 19.1 Å². The number of nitriles is 1. The van der Waals surface area contributed by atoms with E-state index < -0.39 is 17.6 Å². The minimum Gasteiger partial charge on any atom is -0.434 e. The van der Waals surface area contributed by atoms with Crippen molar-refractivity contribution >= 4 is 11.4 Å². The van der Waals surface area contributed by atoms with Crippen LogP contribution in [-0.4, -0.2) is 44.0 Å². The van der Waals surface area contributed by atoms with Crippen LogP contribution < -0.4 is 10.5 Å². The van der Waals surface area contributed by atoms with Gasteiger partial charge in [0.25, 0.3) is 5.91 Å². The molecule has 1 amide bonds. The van der Waals surface area contributed by atoms with Gasteiger partial charge < -0.3 is 15.4 Å². The van der Waals surface area contributed by atoms with Crippen LogP contribution in [0.5, 0.6) is 5.75 Å². The van der Waals surface area contributed by atoms with Gasteiger partial charge in [-0.25, -0.2) is 14.5 Å². The number of aromatic nitrogens is 4. The van der Waals surface area contributed by atoms with Gasteiger partial charge in [-0.05, 0) is 56.0 Å². The van der Waals surface area contributed by atoms with Crippen LogP contribution in [-0.2, 0) is 5.54 Å². The third-order valence-electron chi connectivity index (χ3n) is 8.59. The summed E-state index contributed by atoms with van der Waals surface area (Å²) in [6.45, 7) is -1.13. The summed E-state index contributed by atoms with van der Waals surface area (Å²) < 4.78 is 33.4. The number of alkyl halides is 2. The first kappa shape index (κ1) is 24.6. The Hall–Kier alpha value is -4.43. The number of ether oxygens (including phenoxy) is 1. The standard InChI is InChI=1S/C29H25F2N7O2/c1-28(14-32)12-29(33,13-28)26-34-10-16(11-35-26)15-6-7-38-19(8-15)23-18-9-20(24(23)36-38)37(2)25(39)17-4-3-5-21(22(17)18)40-27(30)31/h3-8,10-11,18,20,27H,9,12-13,33H2,1-2H3. The van der Waals surface area contributed by atoms with Crippen molar-refractivity contribution in [2.24, 2.45) is 11.1 Å². The molecule has 1 fully saturated rings. The summed E-state index contributed by atoms with van der Waals surface area (Å²) in [5.74, 6) is -0.0832. The number of rotatable bonds is 4. The van der Waals surface area contributed by atoms with Gasteiger partial charge in [0.1, 0.15) is 11.6 Å². The average molecular weight is 542 g/mol. The van der Waals surface area contributed by atoms with Crippen LogP contribution in [0.1, 0.15) is 71.1 Å². The number of carbonyl (C=O) groups excluding carboxylic acids is 1. The Morgan fingerprint density at radius 3 is 2.62 bits per heavy atom. The molecule has 2 bridgehead atoms. The lowest BCUT2D eigenvalue weighted by atomic mass is 9.59. The SMILES string of the molecule is CN1C(=O)c2cccc(OC(F)F)c2C2CC1c1nn3ccc(-c4cnc(C5(N)CC(C)(C#N)C5)nc4)cc3c12. The van der Waals surface area contributed by atoms with Crippen LogP contribution in [0.4, 0.5) is 8.78 Å². The summed E-state index contributed by atoms with van der Waals surface area (Å²) in [5.41, 5.74) is 10.2. The Bertz CT molecular complexity index is 1740. The van der Waals surface area contributed by atoms with Crippen molar-refractivity contribution in [1.29, 1.82) is 5.26 Å². The van der Waals surface area contributed by atoms with E-state index in [1.807, 2.05) is 25.3 Å². The molecule has 40 heavy (non-hydrogen) atoms. The lowest BCUT2D eigenvalue weighted by Gasteiger charge is -2.47. The molecule has 4 heterocycles. The van der Waals surface area contributed by atoms with Gasteiger partial charge in [-0.3, -0.25) is 4.79 Å². The summed E-state index contributed by atoms with van der Waals surface area (Å²) in [7, 11) is 1.72. The van der Waals surface area contributed by atoms with Gasteiger partial charge in [0, 0.05) is 53.8 Å². The molecular weight excluding hydrogens is 516 g/mol. The Balaban J connectivity index is 1.31. The number of pyridine rings is 1. The van der Waals surface area contributed by atoms with E-state index in [1.165, 1.54) is 6.07 Å². The van der Waals surface area contributed by atoms with Crippen LogP contribution in [0.3, 0.4) is 0 Å². The second-order valence-electron chi connectivity index (χ2n) is 11.3. The van der Waals surface area contributed by atoms with Gasteiger partial charge in [0.2, 0.25) is 0 Å². The molecule has 0 radical (unpaired) electrons. The van der Waals surface area contributed by atoms with Crippen LogP contribution >= 0.6 is 0 Å². The Labute approximate surface area is 228 Å². The Morgan fingerprint density at radius 2 is 1.93 bits per heavy atom. The Kier molecular flexibility index (Phi) is 5.10. The molecule has 2 aliphatic carbocycles. The summed E-state index contributed by atoms with van der Waals surface area (Å²) in [5, 5.41) is 14.2. The summed E-state index contributed by atoms with van der Waals surface area (Å²) >= 11 is 0. The molecule has 9 nitrogen and oxygen atoms in total. The summed E-state index contributed by atoms with van der Waals surface area (Å²) in [4.78, 5) is 24.0. The molecule has 1 aromatic carbocycles. The van der Waals surface area contributed by atoms with Crippen LogP contribution in [0.15, 0.2) is 48.9 Å². The van der Waals surface area contributed by atoms with E-state index in [1.54, 1.807) is 41.0 Å². The number of amides is 1. The fourth-order valence-corrected chi connectivity index (χ4v) is 6.85. The Morgan fingerprint density at radius 1 is 1.18 bits per heavy atom. The molecule has 202 valence electrons. The first-order chi connectivity index (χ1) is 19.1. The first-order valence-corrected chi connectivity index (χ1v) is 13.0. The number of halogens is 2. The van der Waals surface area contributed by atoms with E-state index in [4.69, 9.17) is 15.6 Å². The average Bonchev–Trinajstić information content (AvgIpc) is 3.45. The van der Waals surface area contributed by atoms with Crippen LogP contribution in [0.2, 0.25) is 0 Å². The molecule has 3 aromatic heterocycles. The van der Waals surface area contributed by atoms with Gasteiger partial charge in [0.05, 0.1) is 34.3 Å². The highest BCUT2D eigenvalue weighted by Gasteiger charge is 2.53. The fraction of sp³-hybridized carbons (Fsp3) is 0.345. The topological polar surface area (TPSA) is 122 Å². The molecular formula is C29H25F2N7O2. The number of nitrogens with zero attached hydrogens (tertiary/aromatic N) is 6. The molecule has 1 aliphatic heterocycles. The molecule has 11 heteroatoms. The molecule has 2 atom stereocenters. The maximum atomic E-state index is 13.4. The summed E-state index contributed by atoms with van der Waals surface area (Å²) in [6.07, 6.45) is 6.81. The van der Waals surface area contributed by atoms with Crippen molar-refractivity contribution in [1.82, 2.24) is 24.5 Å². The second kappa shape index (κ2) is 8.29. The highest BCUT2D eigenvalue weighted by atomic mass is 19.3. The minimum atomic E-state index is -3.01. The number of hydrogen-bond donors (Lipinski definition) is 1. The van der Waals surface area contributed by atoms with Gasteiger partial charge >= 0.3 is 6.61 Å². The van der Waals surface area contributed by atoms with Crippen molar-refractivity contribution in [3.8, 4) is 22.9 Å². The van der Waals surface area contributed by atoms with Crippen molar-refractivity contribution in [3.05, 3.63) is 77.1 Å².